The number of nitrogen functional groups attached to an aromatic ring is 1. The van der Waals surface area contributed by atoms with Gasteiger partial charge in [0, 0.05) is 12.7 Å². The minimum absolute atomic E-state index is 0. The molecular formula is C8H16Cl2N4O. The van der Waals surface area contributed by atoms with Crippen molar-refractivity contribution in [3.8, 4) is 0 Å². The van der Waals surface area contributed by atoms with Crippen molar-refractivity contribution < 1.29 is 0 Å². The number of aromatic nitrogens is 2. The first-order valence-electron chi connectivity index (χ1n) is 4.07. The number of halogens is 2. The van der Waals surface area contributed by atoms with Crippen LogP contribution in [0.5, 0.6) is 0 Å². The van der Waals surface area contributed by atoms with E-state index in [1.54, 1.807) is 0 Å². The van der Waals surface area contributed by atoms with Gasteiger partial charge in [-0.3, -0.25) is 4.79 Å². The third kappa shape index (κ3) is 5.01. The molecule has 0 aliphatic heterocycles. The smallest absolute Gasteiger partial charge is 0.289 e. The van der Waals surface area contributed by atoms with E-state index in [0.29, 0.717) is 6.54 Å². The molecule has 1 heterocycles. The SMILES string of the molecule is CN(C)CCn1nccc(N)c1=O.Cl.Cl. The van der Waals surface area contributed by atoms with Crippen molar-refractivity contribution in [2.45, 2.75) is 6.54 Å². The highest BCUT2D eigenvalue weighted by atomic mass is 35.5. The van der Waals surface area contributed by atoms with Crippen LogP contribution in [0.4, 0.5) is 5.69 Å². The van der Waals surface area contributed by atoms with Crippen LogP contribution >= 0.6 is 24.8 Å². The van der Waals surface area contributed by atoms with E-state index in [1.807, 2.05) is 19.0 Å². The molecular weight excluding hydrogens is 239 g/mol. The lowest BCUT2D eigenvalue weighted by atomic mass is 10.5. The molecule has 88 valence electrons. The van der Waals surface area contributed by atoms with Gasteiger partial charge in [0.05, 0.1) is 6.54 Å². The van der Waals surface area contributed by atoms with Crippen LogP contribution in [0.2, 0.25) is 0 Å². The van der Waals surface area contributed by atoms with E-state index < -0.39 is 0 Å². The summed E-state index contributed by atoms with van der Waals surface area (Å²) in [4.78, 5) is 13.3. The van der Waals surface area contributed by atoms with Crippen molar-refractivity contribution >= 4 is 30.5 Å². The highest BCUT2D eigenvalue weighted by Crippen LogP contribution is 1.88. The Morgan fingerprint density at radius 2 is 2.07 bits per heavy atom. The van der Waals surface area contributed by atoms with E-state index in [1.165, 1.54) is 16.9 Å². The molecule has 0 spiro atoms. The number of hydrogen-bond donors (Lipinski definition) is 1. The fourth-order valence-corrected chi connectivity index (χ4v) is 0.921. The fraction of sp³-hybridized carbons (Fsp3) is 0.500. The van der Waals surface area contributed by atoms with Gasteiger partial charge in [-0.2, -0.15) is 5.10 Å². The summed E-state index contributed by atoms with van der Waals surface area (Å²) in [5, 5.41) is 3.91. The maximum Gasteiger partial charge on any atom is 0.289 e. The summed E-state index contributed by atoms with van der Waals surface area (Å²) in [5.41, 5.74) is 5.47. The molecule has 0 aliphatic carbocycles. The van der Waals surface area contributed by atoms with Crippen molar-refractivity contribution in [3.63, 3.8) is 0 Å². The molecule has 0 radical (unpaired) electrons. The number of likely N-dealkylation sites (N-methyl/N-ethyl adjacent to an activating group) is 1. The lowest BCUT2D eigenvalue weighted by molar-refractivity contribution is 0.368. The summed E-state index contributed by atoms with van der Waals surface area (Å²) in [6.45, 7) is 1.34. The van der Waals surface area contributed by atoms with Crippen molar-refractivity contribution in [3.05, 3.63) is 22.6 Å². The predicted octanol–water partition coefficient (Wildman–Crippen LogP) is 0.231. The van der Waals surface area contributed by atoms with Gasteiger partial charge in [-0.1, -0.05) is 0 Å². The van der Waals surface area contributed by atoms with Gasteiger partial charge in [0.15, 0.2) is 0 Å². The van der Waals surface area contributed by atoms with E-state index in [9.17, 15) is 4.79 Å². The monoisotopic (exact) mass is 254 g/mol. The number of hydrogen-bond acceptors (Lipinski definition) is 4. The third-order valence-electron chi connectivity index (χ3n) is 1.70. The Morgan fingerprint density at radius 3 is 2.60 bits per heavy atom. The van der Waals surface area contributed by atoms with Crippen LogP contribution in [0.15, 0.2) is 17.1 Å². The predicted molar refractivity (Wildman–Crippen MR) is 66.0 cm³/mol. The van der Waals surface area contributed by atoms with Gasteiger partial charge in [0.1, 0.15) is 5.69 Å². The Hall–Kier alpha value is -0.780. The molecule has 0 amide bonds. The normalized spacial score (nSPS) is 9.27. The van der Waals surface area contributed by atoms with Crippen LogP contribution in [0.25, 0.3) is 0 Å². The molecule has 0 saturated carbocycles. The van der Waals surface area contributed by atoms with E-state index in [-0.39, 0.29) is 36.1 Å². The van der Waals surface area contributed by atoms with Crippen LogP contribution in [0.1, 0.15) is 0 Å². The fourth-order valence-electron chi connectivity index (χ4n) is 0.921. The van der Waals surface area contributed by atoms with Gasteiger partial charge in [0.25, 0.3) is 5.56 Å². The van der Waals surface area contributed by atoms with Crippen molar-refractivity contribution in [1.29, 1.82) is 0 Å². The summed E-state index contributed by atoms with van der Waals surface area (Å²) >= 11 is 0. The summed E-state index contributed by atoms with van der Waals surface area (Å²) < 4.78 is 1.37. The minimum Gasteiger partial charge on any atom is -0.394 e. The molecule has 1 aromatic heterocycles. The van der Waals surface area contributed by atoms with Gasteiger partial charge in [-0.25, -0.2) is 4.68 Å². The van der Waals surface area contributed by atoms with Gasteiger partial charge in [0.2, 0.25) is 0 Å². The zero-order chi connectivity index (χ0) is 9.84. The number of anilines is 1. The Kier molecular flexibility index (Phi) is 8.33. The zero-order valence-corrected chi connectivity index (χ0v) is 10.3. The molecule has 0 saturated heterocycles. The molecule has 1 aromatic rings. The number of rotatable bonds is 3. The zero-order valence-electron chi connectivity index (χ0n) is 8.71. The molecule has 2 N–H and O–H groups in total. The largest absolute Gasteiger partial charge is 0.394 e. The van der Waals surface area contributed by atoms with Gasteiger partial charge in [-0.15, -0.1) is 24.8 Å². The number of nitrogens with two attached hydrogens (primary N) is 1. The molecule has 1 rings (SSSR count). The van der Waals surface area contributed by atoms with E-state index >= 15 is 0 Å². The standard InChI is InChI=1S/C8H14N4O.2ClH/c1-11(2)5-6-12-8(13)7(9)3-4-10-12;;/h3-4H,5-6,9H2,1-2H3;2*1H. The quantitative estimate of drug-likeness (QED) is 0.839. The van der Waals surface area contributed by atoms with Crippen LogP contribution in [-0.4, -0.2) is 35.3 Å². The average Bonchev–Trinajstić information content (AvgIpc) is 2.07. The van der Waals surface area contributed by atoms with Gasteiger partial charge < -0.3 is 10.6 Å². The Balaban J connectivity index is 0. The molecule has 0 fully saturated rings. The van der Waals surface area contributed by atoms with E-state index in [0.717, 1.165) is 6.54 Å². The molecule has 0 bridgehead atoms. The first-order valence-corrected chi connectivity index (χ1v) is 4.07. The highest BCUT2D eigenvalue weighted by Gasteiger charge is 2.00. The first-order chi connectivity index (χ1) is 6.11. The van der Waals surface area contributed by atoms with Crippen LogP contribution in [-0.2, 0) is 6.54 Å². The maximum absolute atomic E-state index is 11.3. The van der Waals surface area contributed by atoms with Crippen molar-refractivity contribution in [1.82, 2.24) is 14.7 Å². The molecule has 5 nitrogen and oxygen atoms in total. The molecule has 0 unspecified atom stereocenters. The molecule has 0 aromatic carbocycles. The Morgan fingerprint density at radius 1 is 1.47 bits per heavy atom. The molecule has 0 aliphatic rings. The van der Waals surface area contributed by atoms with Crippen LogP contribution in [0, 0.1) is 0 Å². The molecule has 0 atom stereocenters. The van der Waals surface area contributed by atoms with Gasteiger partial charge in [-0.05, 0) is 20.2 Å². The van der Waals surface area contributed by atoms with E-state index in [4.69, 9.17) is 5.73 Å². The van der Waals surface area contributed by atoms with Crippen molar-refractivity contribution in [2.75, 3.05) is 26.4 Å². The lowest BCUT2D eigenvalue weighted by Gasteiger charge is -2.09. The maximum atomic E-state index is 11.3. The van der Waals surface area contributed by atoms with Crippen LogP contribution in [0.3, 0.4) is 0 Å². The van der Waals surface area contributed by atoms with Crippen molar-refractivity contribution in [2.24, 2.45) is 0 Å². The van der Waals surface area contributed by atoms with Crippen LogP contribution < -0.4 is 11.3 Å². The summed E-state index contributed by atoms with van der Waals surface area (Å²) in [6, 6.07) is 1.51. The Bertz CT molecular complexity index is 340. The molecule has 15 heavy (non-hydrogen) atoms. The molecule has 7 heteroatoms. The average molecular weight is 255 g/mol. The Labute approximate surface area is 101 Å². The topological polar surface area (TPSA) is 64.2 Å². The summed E-state index contributed by atoms with van der Waals surface area (Å²) in [5.74, 6) is 0. The summed E-state index contributed by atoms with van der Waals surface area (Å²) in [7, 11) is 3.88. The second kappa shape index (κ2) is 7.50. The van der Waals surface area contributed by atoms with E-state index in [2.05, 4.69) is 5.10 Å². The lowest BCUT2D eigenvalue weighted by Crippen LogP contribution is -2.29. The van der Waals surface area contributed by atoms with Gasteiger partial charge >= 0.3 is 0 Å². The summed E-state index contributed by atoms with van der Waals surface area (Å²) in [6.07, 6.45) is 1.53. The highest BCUT2D eigenvalue weighted by molar-refractivity contribution is 5.85. The second-order valence-electron chi connectivity index (χ2n) is 3.12. The third-order valence-corrected chi connectivity index (χ3v) is 1.70. The second-order valence-corrected chi connectivity index (χ2v) is 3.12. The number of nitrogens with zero attached hydrogens (tertiary/aromatic N) is 3. The minimum atomic E-state index is -0.218. The first kappa shape index (κ1) is 16.6.